The van der Waals surface area contributed by atoms with E-state index < -0.39 is 23.8 Å². The average molecular weight is 517 g/mol. The molecule has 2 amide bonds. The molecular formula is C28H28N4O6. The van der Waals surface area contributed by atoms with E-state index in [2.05, 4.69) is 21.8 Å². The lowest BCUT2D eigenvalue weighted by Gasteiger charge is -2.15. The maximum Gasteiger partial charge on any atom is 0.325 e. The number of rotatable bonds is 8. The van der Waals surface area contributed by atoms with Gasteiger partial charge < -0.3 is 25.2 Å². The predicted molar refractivity (Wildman–Crippen MR) is 142 cm³/mol. The van der Waals surface area contributed by atoms with Gasteiger partial charge in [0.05, 0.1) is 19.9 Å². The Morgan fingerprint density at radius 2 is 1.74 bits per heavy atom. The second-order valence-corrected chi connectivity index (χ2v) is 8.59. The summed E-state index contributed by atoms with van der Waals surface area (Å²) in [6, 6.07) is 12.5. The summed E-state index contributed by atoms with van der Waals surface area (Å²) in [5, 5.41) is 18.8. The number of benzene rings is 2. The lowest BCUT2D eigenvalue weighted by Crippen LogP contribution is -2.38. The van der Waals surface area contributed by atoms with Gasteiger partial charge in [0.15, 0.2) is 17.2 Å². The SMILES string of the molecule is COc1ccc(/C2=C/C=C\CCc3cc(C(=O)Nc4ccc(C(=O)N[C@H](C)C(=O)O)cc4)nn32)cc1OC. The van der Waals surface area contributed by atoms with E-state index in [0.29, 0.717) is 23.6 Å². The number of methoxy groups -OCH3 is 2. The quantitative estimate of drug-likeness (QED) is 0.415. The van der Waals surface area contributed by atoms with E-state index in [1.54, 1.807) is 37.1 Å². The molecule has 3 N–H and O–H groups in total. The van der Waals surface area contributed by atoms with Gasteiger partial charge in [0.25, 0.3) is 11.8 Å². The molecule has 2 aromatic carbocycles. The monoisotopic (exact) mass is 516 g/mol. The van der Waals surface area contributed by atoms with Crippen molar-refractivity contribution in [1.29, 1.82) is 0 Å². The smallest absolute Gasteiger partial charge is 0.325 e. The summed E-state index contributed by atoms with van der Waals surface area (Å²) in [7, 11) is 3.15. The molecule has 0 fully saturated rings. The summed E-state index contributed by atoms with van der Waals surface area (Å²) in [5.41, 5.74) is 3.48. The number of nitrogens with one attached hydrogen (secondary N) is 2. The minimum Gasteiger partial charge on any atom is -0.493 e. The van der Waals surface area contributed by atoms with Crippen molar-refractivity contribution in [3.63, 3.8) is 0 Å². The van der Waals surface area contributed by atoms with Gasteiger partial charge in [0.1, 0.15) is 6.04 Å². The van der Waals surface area contributed by atoms with Crippen LogP contribution in [0.4, 0.5) is 5.69 Å². The van der Waals surface area contributed by atoms with E-state index in [-0.39, 0.29) is 11.3 Å². The number of carboxylic acids is 1. The molecule has 38 heavy (non-hydrogen) atoms. The molecule has 10 nitrogen and oxygen atoms in total. The topological polar surface area (TPSA) is 132 Å². The van der Waals surface area contributed by atoms with Crippen LogP contribution in [-0.2, 0) is 11.2 Å². The molecule has 0 saturated heterocycles. The summed E-state index contributed by atoms with van der Waals surface area (Å²) >= 11 is 0. The normalized spacial score (nSPS) is 15.5. The fraction of sp³-hybridized carbons (Fsp3) is 0.214. The van der Waals surface area contributed by atoms with Crippen LogP contribution in [0.15, 0.2) is 66.8 Å². The van der Waals surface area contributed by atoms with Crippen molar-refractivity contribution in [1.82, 2.24) is 15.1 Å². The highest BCUT2D eigenvalue weighted by Crippen LogP contribution is 2.32. The molecule has 0 unspecified atom stereocenters. The molecule has 0 saturated carbocycles. The van der Waals surface area contributed by atoms with Crippen LogP contribution in [0.3, 0.4) is 0 Å². The molecule has 1 aliphatic rings. The number of aliphatic carboxylic acids is 1. The number of anilines is 1. The van der Waals surface area contributed by atoms with Crippen LogP contribution in [0.5, 0.6) is 11.5 Å². The minimum atomic E-state index is -1.13. The highest BCUT2D eigenvalue weighted by molar-refractivity contribution is 6.03. The molecule has 0 radical (unpaired) electrons. The zero-order valence-electron chi connectivity index (χ0n) is 21.2. The average Bonchev–Trinajstić information content (AvgIpc) is 3.32. The summed E-state index contributed by atoms with van der Waals surface area (Å²) in [4.78, 5) is 36.2. The van der Waals surface area contributed by atoms with Crippen LogP contribution in [0.1, 0.15) is 45.4 Å². The van der Waals surface area contributed by atoms with E-state index in [1.807, 2.05) is 30.4 Å². The van der Waals surface area contributed by atoms with Gasteiger partial charge in [0.2, 0.25) is 0 Å². The Kier molecular flexibility index (Phi) is 7.91. The molecule has 1 atom stereocenters. The van der Waals surface area contributed by atoms with E-state index in [9.17, 15) is 14.4 Å². The first-order valence-corrected chi connectivity index (χ1v) is 11.9. The van der Waals surface area contributed by atoms with Crippen molar-refractivity contribution >= 4 is 29.2 Å². The second-order valence-electron chi connectivity index (χ2n) is 8.59. The lowest BCUT2D eigenvalue weighted by molar-refractivity contribution is -0.138. The van der Waals surface area contributed by atoms with Crippen molar-refractivity contribution in [2.24, 2.45) is 0 Å². The maximum atomic E-state index is 13.1. The van der Waals surface area contributed by atoms with E-state index in [4.69, 9.17) is 14.6 Å². The predicted octanol–water partition coefficient (Wildman–Crippen LogP) is 3.75. The molecule has 2 heterocycles. The molecule has 0 spiro atoms. The van der Waals surface area contributed by atoms with Gasteiger partial charge >= 0.3 is 5.97 Å². The van der Waals surface area contributed by atoms with Gasteiger partial charge in [-0.15, -0.1) is 0 Å². The molecule has 1 aliphatic heterocycles. The number of allylic oxidation sites excluding steroid dienone is 3. The number of carbonyl (C=O) groups excluding carboxylic acids is 2. The Hall–Kier alpha value is -4.86. The van der Waals surface area contributed by atoms with Crippen LogP contribution in [-0.4, -0.2) is 52.9 Å². The molecule has 196 valence electrons. The Morgan fingerprint density at radius 1 is 1.00 bits per heavy atom. The Bertz CT molecular complexity index is 1420. The van der Waals surface area contributed by atoms with Crippen LogP contribution in [0, 0.1) is 0 Å². The fourth-order valence-electron chi connectivity index (χ4n) is 3.93. The largest absolute Gasteiger partial charge is 0.493 e. The van der Waals surface area contributed by atoms with Crippen molar-refractivity contribution in [2.45, 2.75) is 25.8 Å². The maximum absolute atomic E-state index is 13.1. The van der Waals surface area contributed by atoms with E-state index in [1.165, 1.54) is 19.1 Å². The molecular weight excluding hydrogens is 488 g/mol. The Labute approximate surface area is 219 Å². The fourth-order valence-corrected chi connectivity index (χ4v) is 3.93. The number of fused-ring (bicyclic) bond motifs is 1. The van der Waals surface area contributed by atoms with E-state index >= 15 is 0 Å². The molecule has 10 heteroatoms. The number of nitrogens with zero attached hydrogens (tertiary/aromatic N) is 2. The third-order valence-corrected chi connectivity index (χ3v) is 6.00. The van der Waals surface area contributed by atoms with E-state index in [0.717, 1.165) is 23.4 Å². The number of amides is 2. The van der Waals surface area contributed by atoms with Gasteiger partial charge in [0, 0.05) is 22.5 Å². The number of carbonyl (C=O) groups is 3. The van der Waals surface area contributed by atoms with Gasteiger partial charge in [-0.25, -0.2) is 4.68 Å². The third kappa shape index (κ3) is 5.75. The zero-order chi connectivity index (χ0) is 27.2. The number of carboxylic acid groups (broad SMARTS) is 1. The Morgan fingerprint density at radius 3 is 2.42 bits per heavy atom. The summed E-state index contributed by atoms with van der Waals surface area (Å²) in [6.07, 6.45) is 7.46. The third-order valence-electron chi connectivity index (χ3n) is 6.00. The first-order valence-electron chi connectivity index (χ1n) is 11.9. The Balaban J connectivity index is 1.55. The van der Waals surface area contributed by atoms with Crippen LogP contribution in [0.25, 0.3) is 5.70 Å². The number of aryl methyl sites for hydroxylation is 1. The molecule has 3 aromatic rings. The first-order chi connectivity index (χ1) is 18.3. The van der Waals surface area contributed by atoms with Gasteiger partial charge in [-0.05, 0) is 74.4 Å². The minimum absolute atomic E-state index is 0.241. The summed E-state index contributed by atoms with van der Waals surface area (Å²) in [6.45, 7) is 1.38. The molecule has 4 rings (SSSR count). The number of hydrogen-bond acceptors (Lipinski definition) is 6. The number of hydrogen-bond donors (Lipinski definition) is 3. The number of aromatic nitrogens is 2. The van der Waals surface area contributed by atoms with Gasteiger partial charge in [-0.1, -0.05) is 12.2 Å². The highest BCUT2D eigenvalue weighted by Gasteiger charge is 2.20. The second kappa shape index (κ2) is 11.5. The lowest BCUT2D eigenvalue weighted by atomic mass is 10.1. The van der Waals surface area contributed by atoms with Crippen molar-refractivity contribution in [3.05, 3.63) is 89.3 Å². The first kappa shape index (κ1) is 26.2. The standard InChI is InChI=1S/C28H28N4O6/c1-17(28(35)36)29-26(33)18-9-12-20(13-10-18)30-27(34)22-16-21-7-5-4-6-8-23(32(21)31-22)19-11-14-24(37-2)25(15-19)38-3/h4,6,8-17H,5,7H2,1-3H3,(H,29,33)(H,30,34)(H,35,36)/b6-4-,23-8-/t17-/m1/s1. The van der Waals surface area contributed by atoms with Gasteiger partial charge in [-0.2, -0.15) is 5.10 Å². The molecule has 0 aliphatic carbocycles. The molecule has 1 aromatic heterocycles. The van der Waals surface area contributed by atoms with Crippen LogP contribution >= 0.6 is 0 Å². The van der Waals surface area contributed by atoms with Crippen molar-refractivity contribution in [2.75, 3.05) is 19.5 Å². The van der Waals surface area contributed by atoms with Crippen LogP contribution < -0.4 is 20.1 Å². The molecule has 0 bridgehead atoms. The number of ether oxygens (including phenoxy) is 2. The van der Waals surface area contributed by atoms with Crippen molar-refractivity contribution < 1.29 is 29.0 Å². The highest BCUT2D eigenvalue weighted by atomic mass is 16.5. The zero-order valence-corrected chi connectivity index (χ0v) is 21.2. The van der Waals surface area contributed by atoms with Crippen molar-refractivity contribution in [3.8, 4) is 11.5 Å². The van der Waals surface area contributed by atoms with Gasteiger partial charge in [-0.3, -0.25) is 14.4 Å². The summed E-state index contributed by atoms with van der Waals surface area (Å²) < 4.78 is 12.6. The van der Waals surface area contributed by atoms with Crippen LogP contribution in [0.2, 0.25) is 0 Å². The summed E-state index contributed by atoms with van der Waals surface area (Å²) in [5.74, 6) is -0.858.